The molecule has 0 fully saturated rings. The minimum atomic E-state index is -0.165. The minimum Gasteiger partial charge on any atom is -0.347 e. The van der Waals surface area contributed by atoms with Crippen molar-refractivity contribution in [3.63, 3.8) is 0 Å². The van der Waals surface area contributed by atoms with Gasteiger partial charge in [-0.25, -0.2) is 5.26 Å². The van der Waals surface area contributed by atoms with Crippen molar-refractivity contribution in [3.8, 4) is 0 Å². The summed E-state index contributed by atoms with van der Waals surface area (Å²) in [7, 11) is 2.06. The summed E-state index contributed by atoms with van der Waals surface area (Å²) >= 11 is 0.970. The molecule has 0 saturated heterocycles. The molecule has 1 aliphatic heterocycles. The van der Waals surface area contributed by atoms with Crippen LogP contribution in [-0.2, 0) is 14.8 Å². The number of hydrogen-bond acceptors (Lipinski definition) is 6. The summed E-state index contributed by atoms with van der Waals surface area (Å²) in [6.45, 7) is 4.37. The van der Waals surface area contributed by atoms with Crippen molar-refractivity contribution in [1.82, 2.24) is 0 Å². The van der Waals surface area contributed by atoms with Gasteiger partial charge in [0.1, 0.15) is 0 Å². The number of allylic oxidation sites excluding steroid dienone is 4. The molecule has 0 unspecified atom stereocenters. The van der Waals surface area contributed by atoms with Crippen LogP contribution in [0, 0.1) is 0 Å². The molecule has 0 aliphatic carbocycles. The lowest BCUT2D eigenvalue weighted by atomic mass is 9.84. The van der Waals surface area contributed by atoms with E-state index in [2.05, 4.69) is 52.3 Å². The lowest BCUT2D eigenvalue weighted by Gasteiger charge is -2.23. The van der Waals surface area contributed by atoms with Crippen molar-refractivity contribution in [1.29, 1.82) is 0 Å². The predicted octanol–water partition coefficient (Wildman–Crippen LogP) is 6.32. The third-order valence-corrected chi connectivity index (χ3v) is 5.17. The Balaban J connectivity index is 0.00000280. The lowest BCUT2D eigenvalue weighted by molar-refractivity contribution is -0.432. The number of hydrogen-bond donors (Lipinski definition) is 1. The molecule has 0 saturated carbocycles. The van der Waals surface area contributed by atoms with E-state index >= 15 is 0 Å². The summed E-state index contributed by atoms with van der Waals surface area (Å²) in [5.74, 6) is 0. The van der Waals surface area contributed by atoms with Gasteiger partial charge in [-0.1, -0.05) is 50.6 Å². The fourth-order valence-electron chi connectivity index (χ4n) is 3.26. The van der Waals surface area contributed by atoms with Gasteiger partial charge < -0.3 is 4.90 Å². The largest absolute Gasteiger partial charge is 0.347 e. The smallest absolute Gasteiger partial charge is 0.0714 e. The number of fused-ring (bicyclic) bond motifs is 1. The average molecular weight is 399 g/mol. The maximum absolute atomic E-state index is 8.34. The summed E-state index contributed by atoms with van der Waals surface area (Å²) in [5.41, 5.74) is 4.28. The quantitative estimate of drug-likeness (QED) is 0.267. The monoisotopic (exact) mass is 398 g/mol. The van der Waals surface area contributed by atoms with Crippen LogP contribution in [0.5, 0.6) is 0 Å². The molecular formula is C22H26N2O3S. The van der Waals surface area contributed by atoms with Crippen LogP contribution < -0.4 is 4.90 Å². The zero-order valence-corrected chi connectivity index (χ0v) is 16.3. The van der Waals surface area contributed by atoms with Gasteiger partial charge in [-0.05, 0) is 48.0 Å². The first-order valence-electron chi connectivity index (χ1n) is 8.53. The highest BCUT2D eigenvalue weighted by Gasteiger charge is 2.38. The number of rotatable bonds is 6. The Hall–Kier alpha value is -2.38. The summed E-state index contributed by atoms with van der Waals surface area (Å²) in [4.78, 5) is 7.45. The summed E-state index contributed by atoms with van der Waals surface area (Å²) in [6, 6.07) is 15.9. The highest BCUT2D eigenvalue weighted by Crippen LogP contribution is 2.48. The SMILES string of the molecule is C.CN1C(=CC=CC=Nc2ccccc2)C(C)(C)c2cc(SOOO)ccc21. The third-order valence-electron chi connectivity index (χ3n) is 4.60. The lowest BCUT2D eigenvalue weighted by Crippen LogP contribution is -2.22. The zero-order chi connectivity index (χ0) is 19.3. The van der Waals surface area contributed by atoms with Gasteiger partial charge >= 0.3 is 0 Å². The Labute approximate surface area is 171 Å². The molecule has 1 aliphatic rings. The first-order chi connectivity index (χ1) is 13.0. The molecule has 0 radical (unpaired) electrons. The first kappa shape index (κ1) is 21.9. The van der Waals surface area contributed by atoms with Gasteiger partial charge in [-0.2, -0.15) is 0 Å². The molecule has 0 bridgehead atoms. The van der Waals surface area contributed by atoms with Crippen molar-refractivity contribution in [3.05, 3.63) is 78.0 Å². The van der Waals surface area contributed by atoms with Crippen molar-refractivity contribution < 1.29 is 14.6 Å². The minimum absolute atomic E-state index is 0. The van der Waals surface area contributed by atoms with Gasteiger partial charge in [0, 0.05) is 35.0 Å². The first-order valence-corrected chi connectivity index (χ1v) is 9.28. The van der Waals surface area contributed by atoms with Gasteiger partial charge in [-0.15, -0.1) is 4.33 Å². The Morgan fingerprint density at radius 2 is 1.86 bits per heavy atom. The molecule has 6 heteroatoms. The molecule has 1 heterocycles. The molecule has 0 amide bonds. The van der Waals surface area contributed by atoms with Crippen molar-refractivity contribution in [2.45, 2.75) is 31.6 Å². The van der Waals surface area contributed by atoms with E-state index in [1.165, 1.54) is 11.3 Å². The number of aliphatic imine (C=N–C) groups is 1. The topological polar surface area (TPSA) is 54.3 Å². The fraction of sp³-hybridized carbons (Fsp3) is 0.227. The van der Waals surface area contributed by atoms with E-state index in [9.17, 15) is 0 Å². The van der Waals surface area contributed by atoms with Crippen LogP contribution in [0.1, 0.15) is 26.8 Å². The second kappa shape index (κ2) is 9.71. The van der Waals surface area contributed by atoms with Crippen LogP contribution in [0.25, 0.3) is 0 Å². The Bertz CT molecular complexity index is 877. The Morgan fingerprint density at radius 1 is 1.11 bits per heavy atom. The van der Waals surface area contributed by atoms with Crippen LogP contribution in [-0.4, -0.2) is 18.5 Å². The molecule has 28 heavy (non-hydrogen) atoms. The van der Waals surface area contributed by atoms with Crippen molar-refractivity contribution in [2.24, 2.45) is 4.99 Å². The number of para-hydroxylation sites is 1. The third kappa shape index (κ3) is 4.72. The second-order valence-corrected chi connectivity index (χ2v) is 7.41. The van der Waals surface area contributed by atoms with Crippen LogP contribution in [0.15, 0.2) is 82.3 Å². The van der Waals surface area contributed by atoms with E-state index in [1.54, 1.807) is 6.21 Å². The van der Waals surface area contributed by atoms with Gasteiger partial charge in [0.05, 0.1) is 17.7 Å². The molecule has 1 N–H and O–H groups in total. The van der Waals surface area contributed by atoms with Gasteiger partial charge in [-0.3, -0.25) is 4.99 Å². The Kier molecular flexibility index (Phi) is 7.60. The van der Waals surface area contributed by atoms with E-state index in [-0.39, 0.29) is 12.8 Å². The van der Waals surface area contributed by atoms with Gasteiger partial charge in [0.15, 0.2) is 0 Å². The standard InChI is InChI=1S/C21H22N2O3S.CH4/c1-21(2)18-15-17(27-26-25-24)12-13-19(18)23(3)20(21)11-7-8-14-22-16-9-5-4-6-10-16;/h4-15,24H,1-3H3;1H4. The van der Waals surface area contributed by atoms with Crippen LogP contribution in [0.4, 0.5) is 11.4 Å². The molecule has 0 atom stereocenters. The molecule has 0 aromatic heterocycles. The second-order valence-electron chi connectivity index (χ2n) is 6.64. The predicted molar refractivity (Wildman–Crippen MR) is 117 cm³/mol. The maximum Gasteiger partial charge on any atom is 0.0714 e. The zero-order valence-electron chi connectivity index (χ0n) is 15.5. The number of benzene rings is 2. The normalized spacial score (nSPS) is 16.7. The molecule has 148 valence electrons. The van der Waals surface area contributed by atoms with Crippen molar-refractivity contribution >= 4 is 29.6 Å². The number of anilines is 1. The molecule has 2 aromatic carbocycles. The maximum atomic E-state index is 8.34. The average Bonchev–Trinajstić information content (AvgIpc) is 2.87. The van der Waals surface area contributed by atoms with E-state index in [0.29, 0.717) is 0 Å². The molecule has 5 nitrogen and oxygen atoms in total. The molecular weight excluding hydrogens is 372 g/mol. The van der Waals surface area contributed by atoms with Crippen molar-refractivity contribution in [2.75, 3.05) is 11.9 Å². The number of likely N-dealkylation sites (N-methyl/N-ethyl adjacent to an activating group) is 1. The van der Waals surface area contributed by atoms with Crippen LogP contribution in [0.3, 0.4) is 0 Å². The van der Waals surface area contributed by atoms with Crippen LogP contribution >= 0.6 is 12.0 Å². The molecule has 3 rings (SSSR count). The van der Waals surface area contributed by atoms with Gasteiger partial charge in [0.25, 0.3) is 0 Å². The highest BCUT2D eigenvalue weighted by atomic mass is 32.2. The van der Waals surface area contributed by atoms with E-state index in [1.807, 2.05) is 54.6 Å². The molecule has 0 spiro atoms. The molecule has 2 aromatic rings. The van der Waals surface area contributed by atoms with E-state index in [0.717, 1.165) is 28.3 Å². The summed E-state index contributed by atoms with van der Waals surface area (Å²) in [6.07, 6.45) is 7.84. The van der Waals surface area contributed by atoms with Gasteiger partial charge in [0.2, 0.25) is 0 Å². The van der Waals surface area contributed by atoms with E-state index < -0.39 is 0 Å². The summed E-state index contributed by atoms with van der Waals surface area (Å²) in [5, 5.41) is 12.0. The summed E-state index contributed by atoms with van der Waals surface area (Å²) < 4.78 is 4.55. The highest BCUT2D eigenvalue weighted by molar-refractivity contribution is 7.94. The van der Waals surface area contributed by atoms with E-state index in [4.69, 9.17) is 5.26 Å². The number of nitrogens with zero attached hydrogens (tertiary/aromatic N) is 2. The van der Waals surface area contributed by atoms with Crippen LogP contribution in [0.2, 0.25) is 0 Å². The Morgan fingerprint density at radius 3 is 2.57 bits per heavy atom. The fourth-order valence-corrected chi connectivity index (χ4v) is 3.66.